The van der Waals surface area contributed by atoms with E-state index in [0.717, 1.165) is 11.6 Å². The molecule has 0 aliphatic rings. The average Bonchev–Trinajstić information content (AvgIpc) is 3.00. The minimum atomic E-state index is -0.504. The summed E-state index contributed by atoms with van der Waals surface area (Å²) in [5.74, 6) is 0.309. The molecule has 0 aliphatic heterocycles. The topological polar surface area (TPSA) is 71.8 Å². The van der Waals surface area contributed by atoms with Gasteiger partial charge in [-0.1, -0.05) is 48.2 Å². The average molecular weight is 401 g/mol. The molecule has 2 aromatic carbocycles. The van der Waals surface area contributed by atoms with E-state index in [2.05, 4.69) is 20.9 Å². The lowest BCUT2D eigenvalue weighted by Crippen LogP contribution is -2.38. The third-order valence-corrected chi connectivity index (χ3v) is 4.73. The van der Waals surface area contributed by atoms with Gasteiger partial charge in [-0.25, -0.2) is 9.07 Å². The van der Waals surface area contributed by atoms with Crippen molar-refractivity contribution in [1.29, 1.82) is 0 Å². The van der Waals surface area contributed by atoms with Crippen LogP contribution in [0.3, 0.4) is 0 Å². The minimum Gasteiger partial charge on any atom is -0.298 e. The van der Waals surface area contributed by atoms with Crippen LogP contribution in [-0.4, -0.2) is 25.9 Å². The molecular formula is C18H16FN5OS2. The SMILES string of the molecule is Cc1nnc(SCc2ccccc2)n1NC(=S)NC(=O)c1cccc(F)c1. The number of carbonyl (C=O) groups excluding carboxylic acids is 1. The number of aryl methyl sites for hydroxylation is 1. The first kappa shape index (κ1) is 19.0. The third-order valence-electron chi connectivity index (χ3n) is 3.53. The summed E-state index contributed by atoms with van der Waals surface area (Å²) >= 11 is 6.67. The molecular weight excluding hydrogens is 385 g/mol. The normalized spacial score (nSPS) is 10.4. The zero-order chi connectivity index (χ0) is 19.2. The zero-order valence-electron chi connectivity index (χ0n) is 14.3. The van der Waals surface area contributed by atoms with Crippen molar-refractivity contribution in [3.8, 4) is 0 Å². The lowest BCUT2D eigenvalue weighted by molar-refractivity contribution is 0.0977. The van der Waals surface area contributed by atoms with Crippen molar-refractivity contribution in [3.63, 3.8) is 0 Å². The van der Waals surface area contributed by atoms with E-state index >= 15 is 0 Å². The van der Waals surface area contributed by atoms with Crippen LogP contribution in [0.2, 0.25) is 0 Å². The Balaban J connectivity index is 1.64. The quantitative estimate of drug-likeness (QED) is 0.505. The van der Waals surface area contributed by atoms with Gasteiger partial charge >= 0.3 is 0 Å². The molecule has 0 aliphatic carbocycles. The number of aromatic nitrogens is 3. The summed E-state index contributed by atoms with van der Waals surface area (Å²) in [6.07, 6.45) is 0. The lowest BCUT2D eigenvalue weighted by atomic mass is 10.2. The third kappa shape index (κ3) is 5.11. The molecule has 0 bridgehead atoms. The summed E-state index contributed by atoms with van der Waals surface area (Å²) in [6.45, 7) is 1.77. The second-order valence-corrected chi connectivity index (χ2v) is 6.90. The summed E-state index contributed by atoms with van der Waals surface area (Å²) < 4.78 is 14.8. The number of halogens is 1. The summed E-state index contributed by atoms with van der Waals surface area (Å²) in [5.41, 5.74) is 4.22. The Kier molecular flexibility index (Phi) is 6.15. The van der Waals surface area contributed by atoms with E-state index in [4.69, 9.17) is 12.2 Å². The van der Waals surface area contributed by atoms with Crippen LogP contribution >= 0.6 is 24.0 Å². The maximum absolute atomic E-state index is 13.2. The van der Waals surface area contributed by atoms with Crippen molar-refractivity contribution in [3.05, 3.63) is 77.4 Å². The molecule has 1 aromatic heterocycles. The molecule has 0 spiro atoms. The molecule has 138 valence electrons. The molecule has 3 aromatic rings. The van der Waals surface area contributed by atoms with Crippen molar-refractivity contribution in [1.82, 2.24) is 20.2 Å². The molecule has 1 heterocycles. The van der Waals surface area contributed by atoms with Crippen molar-refractivity contribution in [2.45, 2.75) is 17.8 Å². The van der Waals surface area contributed by atoms with Crippen LogP contribution in [-0.2, 0) is 5.75 Å². The Hall–Kier alpha value is -2.78. The van der Waals surface area contributed by atoms with Crippen molar-refractivity contribution >= 4 is 35.0 Å². The summed E-state index contributed by atoms with van der Waals surface area (Å²) in [4.78, 5) is 12.2. The molecule has 0 saturated heterocycles. The van der Waals surface area contributed by atoms with Gasteiger partial charge in [0.15, 0.2) is 5.11 Å². The van der Waals surface area contributed by atoms with Gasteiger partial charge in [0.1, 0.15) is 11.6 Å². The predicted octanol–water partition coefficient (Wildman–Crippen LogP) is 3.28. The van der Waals surface area contributed by atoms with Crippen LogP contribution in [0.4, 0.5) is 4.39 Å². The number of hydrogen-bond donors (Lipinski definition) is 2. The van der Waals surface area contributed by atoms with Crippen LogP contribution in [0.25, 0.3) is 0 Å². The fraction of sp³-hybridized carbons (Fsp3) is 0.111. The second-order valence-electron chi connectivity index (χ2n) is 5.54. The van der Waals surface area contributed by atoms with Gasteiger partial charge in [-0.15, -0.1) is 10.2 Å². The number of hydrogen-bond acceptors (Lipinski definition) is 5. The number of amides is 1. The fourth-order valence-corrected chi connectivity index (χ4v) is 3.30. The van der Waals surface area contributed by atoms with Crippen LogP contribution in [0.15, 0.2) is 59.8 Å². The molecule has 0 atom stereocenters. The molecule has 0 radical (unpaired) electrons. The smallest absolute Gasteiger partial charge is 0.257 e. The van der Waals surface area contributed by atoms with Crippen molar-refractivity contribution in [2.75, 3.05) is 5.43 Å². The molecule has 2 N–H and O–H groups in total. The highest BCUT2D eigenvalue weighted by atomic mass is 32.2. The van der Waals surface area contributed by atoms with Gasteiger partial charge in [0, 0.05) is 11.3 Å². The zero-order valence-corrected chi connectivity index (χ0v) is 16.0. The Bertz CT molecular complexity index is 961. The largest absolute Gasteiger partial charge is 0.298 e. The Morgan fingerprint density at radius 1 is 1.19 bits per heavy atom. The molecule has 27 heavy (non-hydrogen) atoms. The predicted molar refractivity (Wildman–Crippen MR) is 107 cm³/mol. The van der Waals surface area contributed by atoms with Gasteiger partial charge in [0.25, 0.3) is 5.91 Å². The van der Waals surface area contributed by atoms with Gasteiger partial charge in [-0.2, -0.15) is 0 Å². The van der Waals surface area contributed by atoms with E-state index in [1.165, 1.54) is 30.0 Å². The number of nitrogens with zero attached hydrogens (tertiary/aromatic N) is 3. The molecule has 0 fully saturated rings. The molecule has 0 unspecified atom stereocenters. The monoisotopic (exact) mass is 401 g/mol. The maximum atomic E-state index is 13.2. The van der Waals surface area contributed by atoms with E-state index in [1.807, 2.05) is 30.3 Å². The number of thiocarbonyl (C=S) groups is 1. The van der Waals surface area contributed by atoms with Crippen LogP contribution < -0.4 is 10.7 Å². The summed E-state index contributed by atoms with van der Waals surface area (Å²) in [5, 5.41) is 11.4. The van der Waals surface area contributed by atoms with E-state index < -0.39 is 11.7 Å². The first-order valence-corrected chi connectivity index (χ1v) is 9.39. The van der Waals surface area contributed by atoms with Crippen molar-refractivity contribution in [2.24, 2.45) is 0 Å². The highest BCUT2D eigenvalue weighted by Crippen LogP contribution is 2.20. The first-order chi connectivity index (χ1) is 13.0. The standard InChI is InChI=1S/C18H16FN5OS2/c1-12-21-22-18(27-11-13-6-3-2-4-7-13)24(12)23-17(26)20-16(25)14-8-5-9-15(19)10-14/h2-10H,11H2,1H3,(H2,20,23,25,26). The number of rotatable bonds is 5. The van der Waals surface area contributed by atoms with E-state index in [0.29, 0.717) is 16.7 Å². The molecule has 3 rings (SSSR count). The number of nitrogens with one attached hydrogen (secondary N) is 2. The van der Waals surface area contributed by atoms with Gasteiger partial charge in [0.2, 0.25) is 5.16 Å². The highest BCUT2D eigenvalue weighted by Gasteiger charge is 2.13. The summed E-state index contributed by atoms with van der Waals surface area (Å²) in [7, 11) is 0. The Labute approximate surface area is 165 Å². The molecule has 6 nitrogen and oxygen atoms in total. The Morgan fingerprint density at radius 2 is 1.96 bits per heavy atom. The highest BCUT2D eigenvalue weighted by molar-refractivity contribution is 7.98. The van der Waals surface area contributed by atoms with Crippen molar-refractivity contribution < 1.29 is 9.18 Å². The van der Waals surface area contributed by atoms with E-state index in [-0.39, 0.29) is 10.7 Å². The maximum Gasteiger partial charge on any atom is 0.257 e. The minimum absolute atomic E-state index is 0.0636. The Morgan fingerprint density at radius 3 is 2.70 bits per heavy atom. The first-order valence-electron chi connectivity index (χ1n) is 7.99. The van der Waals surface area contributed by atoms with Crippen LogP contribution in [0, 0.1) is 12.7 Å². The van der Waals surface area contributed by atoms with Gasteiger partial charge in [-0.05, 0) is 42.9 Å². The lowest BCUT2D eigenvalue weighted by Gasteiger charge is -2.13. The molecule has 9 heteroatoms. The van der Waals surface area contributed by atoms with Gasteiger partial charge in [-0.3, -0.25) is 15.5 Å². The van der Waals surface area contributed by atoms with Crippen LogP contribution in [0.1, 0.15) is 21.7 Å². The van der Waals surface area contributed by atoms with E-state index in [1.54, 1.807) is 11.6 Å². The number of benzene rings is 2. The second kappa shape index (κ2) is 8.74. The molecule has 0 saturated carbocycles. The fourth-order valence-electron chi connectivity index (χ4n) is 2.22. The van der Waals surface area contributed by atoms with E-state index in [9.17, 15) is 9.18 Å². The summed E-state index contributed by atoms with van der Waals surface area (Å²) in [6, 6.07) is 15.3. The number of carbonyl (C=O) groups is 1. The van der Waals surface area contributed by atoms with Gasteiger partial charge in [0.05, 0.1) is 0 Å². The van der Waals surface area contributed by atoms with Gasteiger partial charge < -0.3 is 0 Å². The molecule has 1 amide bonds. The number of thioether (sulfide) groups is 1. The van der Waals surface area contributed by atoms with Crippen LogP contribution in [0.5, 0.6) is 0 Å².